The van der Waals surface area contributed by atoms with Crippen LogP contribution in [0.3, 0.4) is 0 Å². The van der Waals surface area contributed by atoms with Gasteiger partial charge in [-0.3, -0.25) is 0 Å². The molecular weight excluding hydrogens is 172 g/mol. The number of hydrogen-bond acceptors (Lipinski definition) is 3. The second kappa shape index (κ2) is 2.89. The first-order valence-corrected chi connectivity index (χ1v) is 5.67. The molecule has 70 valence electrons. The molecule has 2 fully saturated rings. The van der Waals surface area contributed by atoms with Crippen molar-refractivity contribution < 1.29 is 9.47 Å². The number of ether oxygens (including phenoxy) is 2. The summed E-state index contributed by atoms with van der Waals surface area (Å²) in [6, 6.07) is 0. The summed E-state index contributed by atoms with van der Waals surface area (Å²) < 4.78 is 11.6. The van der Waals surface area contributed by atoms with E-state index in [0.29, 0.717) is 18.1 Å². The zero-order valence-electron chi connectivity index (χ0n) is 7.87. The van der Waals surface area contributed by atoms with Crippen LogP contribution in [0.4, 0.5) is 0 Å². The first-order valence-electron chi connectivity index (χ1n) is 4.52. The number of rotatable bonds is 0. The Balaban J connectivity index is 2.09. The Labute approximate surface area is 78.0 Å². The van der Waals surface area contributed by atoms with Gasteiger partial charge < -0.3 is 9.47 Å². The Bertz CT molecular complexity index is 181. The maximum absolute atomic E-state index is 5.83. The second-order valence-electron chi connectivity index (χ2n) is 4.15. The van der Waals surface area contributed by atoms with E-state index in [9.17, 15) is 0 Å². The zero-order chi connectivity index (χ0) is 8.77. The standard InChI is InChI=1S/C9H16O2S/c1-6-4-12-5-7-8(6)11-9(2,3)10-7/h6-8H,4-5H2,1-3H3/t6-,7+,8-/m1/s1. The lowest BCUT2D eigenvalue weighted by Gasteiger charge is -2.27. The minimum atomic E-state index is -0.353. The fourth-order valence-corrected chi connectivity index (χ4v) is 3.13. The molecule has 2 saturated heterocycles. The second-order valence-corrected chi connectivity index (χ2v) is 5.23. The van der Waals surface area contributed by atoms with Gasteiger partial charge in [-0.15, -0.1) is 0 Å². The molecule has 0 spiro atoms. The Morgan fingerprint density at radius 3 is 2.67 bits per heavy atom. The molecule has 2 nitrogen and oxygen atoms in total. The van der Waals surface area contributed by atoms with Crippen LogP contribution in [0.5, 0.6) is 0 Å². The molecule has 2 rings (SSSR count). The van der Waals surface area contributed by atoms with E-state index in [-0.39, 0.29) is 5.79 Å². The molecule has 0 aromatic rings. The average molecular weight is 188 g/mol. The van der Waals surface area contributed by atoms with Crippen molar-refractivity contribution in [3.05, 3.63) is 0 Å². The van der Waals surface area contributed by atoms with E-state index in [4.69, 9.17) is 9.47 Å². The Morgan fingerprint density at radius 2 is 2.00 bits per heavy atom. The van der Waals surface area contributed by atoms with Gasteiger partial charge >= 0.3 is 0 Å². The molecule has 3 heteroatoms. The molecule has 3 atom stereocenters. The lowest BCUT2D eigenvalue weighted by atomic mass is 10.0. The molecule has 2 aliphatic heterocycles. The molecule has 0 saturated carbocycles. The Kier molecular flexibility index (Phi) is 2.13. The predicted octanol–water partition coefficient (Wildman–Crippen LogP) is 1.89. The van der Waals surface area contributed by atoms with E-state index in [2.05, 4.69) is 6.92 Å². The van der Waals surface area contributed by atoms with Gasteiger partial charge in [0.2, 0.25) is 0 Å². The summed E-state index contributed by atoms with van der Waals surface area (Å²) in [5.74, 6) is 2.59. The van der Waals surface area contributed by atoms with Gasteiger partial charge in [0.15, 0.2) is 5.79 Å². The Hall–Kier alpha value is 0.270. The highest BCUT2D eigenvalue weighted by atomic mass is 32.2. The normalized spacial score (nSPS) is 45.8. The smallest absolute Gasteiger partial charge is 0.163 e. The van der Waals surface area contributed by atoms with Crippen LogP contribution in [-0.2, 0) is 9.47 Å². The maximum Gasteiger partial charge on any atom is 0.163 e. The van der Waals surface area contributed by atoms with Crippen LogP contribution in [0.15, 0.2) is 0 Å². The topological polar surface area (TPSA) is 18.5 Å². The molecule has 0 aliphatic carbocycles. The third kappa shape index (κ3) is 1.50. The first-order chi connectivity index (χ1) is 5.58. The average Bonchev–Trinajstić information content (AvgIpc) is 2.25. The van der Waals surface area contributed by atoms with Crippen molar-refractivity contribution in [1.29, 1.82) is 0 Å². The van der Waals surface area contributed by atoms with Crippen LogP contribution in [0, 0.1) is 5.92 Å². The van der Waals surface area contributed by atoms with E-state index in [1.54, 1.807) is 0 Å². The zero-order valence-corrected chi connectivity index (χ0v) is 8.69. The largest absolute Gasteiger partial charge is 0.344 e. The van der Waals surface area contributed by atoms with Crippen molar-refractivity contribution in [2.75, 3.05) is 11.5 Å². The SMILES string of the molecule is C[C@@H]1CSC[C@@H]2OC(C)(C)O[C@H]12. The van der Waals surface area contributed by atoms with Crippen LogP contribution >= 0.6 is 11.8 Å². The molecule has 0 radical (unpaired) electrons. The maximum atomic E-state index is 5.83. The van der Waals surface area contributed by atoms with E-state index in [1.165, 1.54) is 5.75 Å². The van der Waals surface area contributed by atoms with Crippen molar-refractivity contribution >= 4 is 11.8 Å². The number of fused-ring (bicyclic) bond motifs is 1. The van der Waals surface area contributed by atoms with Gasteiger partial charge in [-0.2, -0.15) is 11.8 Å². The highest BCUT2D eigenvalue weighted by Crippen LogP contribution is 2.38. The molecule has 0 aromatic heterocycles. The van der Waals surface area contributed by atoms with Crippen LogP contribution in [0.1, 0.15) is 20.8 Å². The quantitative estimate of drug-likeness (QED) is 0.578. The van der Waals surface area contributed by atoms with Gasteiger partial charge in [-0.05, 0) is 25.5 Å². The van der Waals surface area contributed by atoms with E-state index < -0.39 is 0 Å². The molecular formula is C9H16O2S. The molecule has 0 amide bonds. The van der Waals surface area contributed by atoms with Gasteiger partial charge in [-0.1, -0.05) is 6.92 Å². The molecule has 0 aromatic carbocycles. The summed E-state index contributed by atoms with van der Waals surface area (Å²) >= 11 is 1.98. The highest BCUT2D eigenvalue weighted by Gasteiger charge is 2.45. The van der Waals surface area contributed by atoms with E-state index >= 15 is 0 Å². The molecule has 0 unspecified atom stereocenters. The van der Waals surface area contributed by atoms with Crippen molar-refractivity contribution in [3.8, 4) is 0 Å². The minimum Gasteiger partial charge on any atom is -0.344 e. The lowest BCUT2D eigenvalue weighted by Crippen LogP contribution is -2.36. The third-order valence-corrected chi connectivity index (χ3v) is 3.77. The van der Waals surface area contributed by atoms with Crippen LogP contribution < -0.4 is 0 Å². The Morgan fingerprint density at radius 1 is 1.25 bits per heavy atom. The number of hydrogen-bond donors (Lipinski definition) is 0. The molecule has 12 heavy (non-hydrogen) atoms. The lowest BCUT2D eigenvalue weighted by molar-refractivity contribution is -0.147. The van der Waals surface area contributed by atoms with Gasteiger partial charge in [0.25, 0.3) is 0 Å². The first kappa shape index (κ1) is 8.85. The summed E-state index contributed by atoms with van der Waals surface area (Å²) in [6.45, 7) is 6.25. The summed E-state index contributed by atoms with van der Waals surface area (Å²) in [7, 11) is 0. The van der Waals surface area contributed by atoms with Crippen LogP contribution in [0.25, 0.3) is 0 Å². The summed E-state index contributed by atoms with van der Waals surface area (Å²) in [4.78, 5) is 0. The van der Waals surface area contributed by atoms with Crippen molar-refractivity contribution in [3.63, 3.8) is 0 Å². The predicted molar refractivity (Wildman–Crippen MR) is 50.3 cm³/mol. The molecule has 0 bridgehead atoms. The minimum absolute atomic E-state index is 0.328. The van der Waals surface area contributed by atoms with Gasteiger partial charge in [0.05, 0.1) is 12.2 Å². The monoisotopic (exact) mass is 188 g/mol. The van der Waals surface area contributed by atoms with Gasteiger partial charge in [0, 0.05) is 5.75 Å². The fraction of sp³-hybridized carbons (Fsp3) is 1.00. The number of thioether (sulfide) groups is 1. The van der Waals surface area contributed by atoms with E-state index in [0.717, 1.165) is 5.75 Å². The van der Waals surface area contributed by atoms with Crippen molar-refractivity contribution in [2.45, 2.75) is 38.8 Å². The van der Waals surface area contributed by atoms with Gasteiger partial charge in [0.1, 0.15) is 0 Å². The van der Waals surface area contributed by atoms with Crippen molar-refractivity contribution in [1.82, 2.24) is 0 Å². The highest BCUT2D eigenvalue weighted by molar-refractivity contribution is 7.99. The van der Waals surface area contributed by atoms with Crippen LogP contribution in [-0.4, -0.2) is 29.5 Å². The summed E-state index contributed by atoms with van der Waals surface area (Å²) in [5.41, 5.74) is 0. The summed E-state index contributed by atoms with van der Waals surface area (Å²) in [5, 5.41) is 0. The molecule has 2 aliphatic rings. The van der Waals surface area contributed by atoms with Gasteiger partial charge in [-0.25, -0.2) is 0 Å². The summed E-state index contributed by atoms with van der Waals surface area (Å²) in [6.07, 6.45) is 0.662. The molecule has 0 N–H and O–H groups in total. The fourth-order valence-electron chi connectivity index (χ4n) is 1.94. The van der Waals surface area contributed by atoms with Crippen LogP contribution in [0.2, 0.25) is 0 Å². The third-order valence-electron chi connectivity index (χ3n) is 2.45. The van der Waals surface area contributed by atoms with E-state index in [1.807, 2.05) is 25.6 Å². The molecule has 2 heterocycles. The van der Waals surface area contributed by atoms with Crippen molar-refractivity contribution in [2.24, 2.45) is 5.92 Å².